The van der Waals surface area contributed by atoms with Crippen LogP contribution >= 0.6 is 11.3 Å². The third kappa shape index (κ3) is 2.78. The number of fused-ring (bicyclic) bond motifs is 1. The molecule has 0 atom stereocenters. The lowest BCUT2D eigenvalue weighted by Crippen LogP contribution is -2.41. The lowest BCUT2D eigenvalue weighted by atomic mass is 10.2. The number of aryl methyl sites for hydroxylation is 1. The predicted octanol–water partition coefficient (Wildman–Crippen LogP) is 1.65. The highest BCUT2D eigenvalue weighted by Gasteiger charge is 2.19. The van der Waals surface area contributed by atoms with Gasteiger partial charge in [-0.2, -0.15) is 0 Å². The quantitative estimate of drug-likeness (QED) is 0.758. The van der Waals surface area contributed by atoms with Crippen LogP contribution in [0.1, 0.15) is 29.1 Å². The average Bonchev–Trinajstić information content (AvgIpc) is 2.80. The van der Waals surface area contributed by atoms with E-state index in [1.165, 1.54) is 20.5 Å². The Morgan fingerprint density at radius 3 is 2.50 bits per heavy atom. The summed E-state index contributed by atoms with van der Waals surface area (Å²) < 4.78 is 7.85. The van der Waals surface area contributed by atoms with Crippen molar-refractivity contribution >= 4 is 27.8 Å². The van der Waals surface area contributed by atoms with Crippen LogP contribution in [0.2, 0.25) is 0 Å². The number of thiophene rings is 1. The summed E-state index contributed by atoms with van der Waals surface area (Å²) in [5.41, 5.74) is -0.0187. The summed E-state index contributed by atoms with van der Waals surface area (Å²) in [5.74, 6) is 0.170. The van der Waals surface area contributed by atoms with Crippen LogP contribution in [0.3, 0.4) is 0 Å². The van der Waals surface area contributed by atoms with Gasteiger partial charge in [0.25, 0.3) is 5.56 Å². The Bertz CT molecular complexity index is 814. The SMILES string of the molecule is COCCn1c(=O)n(CC(C)C)c(=O)c2c(C)c(C=O)sc21. The minimum atomic E-state index is -0.345. The molecule has 0 fully saturated rings. The summed E-state index contributed by atoms with van der Waals surface area (Å²) in [6.07, 6.45) is 0.733. The second-order valence-corrected chi connectivity index (χ2v) is 6.66. The van der Waals surface area contributed by atoms with Crippen LogP contribution in [0.5, 0.6) is 0 Å². The molecule has 0 aliphatic carbocycles. The molecule has 120 valence electrons. The zero-order valence-electron chi connectivity index (χ0n) is 13.2. The molecule has 0 unspecified atom stereocenters. The van der Waals surface area contributed by atoms with Gasteiger partial charge in [0.15, 0.2) is 6.29 Å². The number of carbonyl (C=O) groups excluding carboxylic acids is 1. The van der Waals surface area contributed by atoms with Crippen LogP contribution in [0.15, 0.2) is 9.59 Å². The second-order valence-electron chi connectivity index (χ2n) is 5.63. The lowest BCUT2D eigenvalue weighted by molar-refractivity contribution is 0.112. The number of methoxy groups -OCH3 is 1. The molecule has 0 aromatic carbocycles. The van der Waals surface area contributed by atoms with E-state index in [1.807, 2.05) is 13.8 Å². The number of hydrogen-bond donors (Lipinski definition) is 0. The van der Waals surface area contributed by atoms with Gasteiger partial charge in [0.1, 0.15) is 4.83 Å². The summed E-state index contributed by atoms with van der Waals surface area (Å²) in [7, 11) is 1.56. The van der Waals surface area contributed by atoms with Crippen molar-refractivity contribution in [2.24, 2.45) is 5.92 Å². The molecular weight excluding hydrogens is 304 g/mol. The summed E-state index contributed by atoms with van der Waals surface area (Å²) in [6, 6.07) is 0. The van der Waals surface area contributed by atoms with Gasteiger partial charge in [0, 0.05) is 13.7 Å². The van der Waals surface area contributed by atoms with Crippen LogP contribution < -0.4 is 11.2 Å². The number of aldehydes is 1. The molecule has 0 N–H and O–H groups in total. The number of carbonyl (C=O) groups is 1. The Morgan fingerprint density at radius 1 is 1.27 bits per heavy atom. The maximum absolute atomic E-state index is 12.7. The number of ether oxygens (including phenoxy) is 1. The van der Waals surface area contributed by atoms with Crippen molar-refractivity contribution in [2.75, 3.05) is 13.7 Å². The zero-order valence-corrected chi connectivity index (χ0v) is 14.0. The predicted molar refractivity (Wildman–Crippen MR) is 87.2 cm³/mol. The van der Waals surface area contributed by atoms with Gasteiger partial charge in [0.05, 0.1) is 23.4 Å². The minimum absolute atomic E-state index is 0.170. The van der Waals surface area contributed by atoms with Crippen molar-refractivity contribution < 1.29 is 9.53 Å². The van der Waals surface area contributed by atoms with Crippen molar-refractivity contribution in [3.05, 3.63) is 31.3 Å². The Labute approximate surface area is 131 Å². The molecule has 0 saturated carbocycles. The minimum Gasteiger partial charge on any atom is -0.383 e. The third-order valence-corrected chi connectivity index (χ3v) is 4.75. The van der Waals surface area contributed by atoms with Gasteiger partial charge in [0.2, 0.25) is 0 Å². The van der Waals surface area contributed by atoms with E-state index in [0.29, 0.717) is 40.4 Å². The lowest BCUT2D eigenvalue weighted by Gasteiger charge is -2.13. The van der Waals surface area contributed by atoms with Crippen molar-refractivity contribution in [2.45, 2.75) is 33.9 Å². The van der Waals surface area contributed by atoms with E-state index in [9.17, 15) is 14.4 Å². The first-order chi connectivity index (χ1) is 10.4. The maximum atomic E-state index is 12.7. The third-order valence-electron chi connectivity index (χ3n) is 3.50. The molecule has 2 aromatic heterocycles. The van der Waals surface area contributed by atoms with Gasteiger partial charge >= 0.3 is 5.69 Å². The molecule has 2 rings (SSSR count). The molecule has 0 radical (unpaired) electrons. The highest BCUT2D eigenvalue weighted by atomic mass is 32.1. The highest BCUT2D eigenvalue weighted by molar-refractivity contribution is 7.20. The maximum Gasteiger partial charge on any atom is 0.332 e. The number of hydrogen-bond acceptors (Lipinski definition) is 5. The highest BCUT2D eigenvalue weighted by Crippen LogP contribution is 2.26. The zero-order chi connectivity index (χ0) is 16.4. The average molecular weight is 324 g/mol. The smallest absolute Gasteiger partial charge is 0.332 e. The van der Waals surface area contributed by atoms with Gasteiger partial charge in [-0.1, -0.05) is 13.8 Å². The Balaban J connectivity index is 2.86. The summed E-state index contributed by atoms with van der Waals surface area (Å²) in [6.45, 7) is 6.71. The molecule has 2 heterocycles. The Morgan fingerprint density at radius 2 is 1.95 bits per heavy atom. The molecule has 0 amide bonds. The van der Waals surface area contributed by atoms with Gasteiger partial charge in [-0.3, -0.25) is 18.7 Å². The fourth-order valence-corrected chi connectivity index (χ4v) is 3.56. The number of aromatic nitrogens is 2. The fourth-order valence-electron chi connectivity index (χ4n) is 2.43. The van der Waals surface area contributed by atoms with Crippen LogP contribution in [-0.4, -0.2) is 29.1 Å². The van der Waals surface area contributed by atoms with Crippen LogP contribution in [0.25, 0.3) is 10.2 Å². The molecule has 0 spiro atoms. The first kappa shape index (κ1) is 16.6. The van der Waals surface area contributed by atoms with Crippen molar-refractivity contribution in [1.82, 2.24) is 9.13 Å². The van der Waals surface area contributed by atoms with E-state index in [-0.39, 0.29) is 17.2 Å². The standard InChI is InChI=1S/C15H20N2O4S/c1-9(2)7-17-13(19)12-10(3)11(8-18)22-14(12)16(15(17)20)5-6-21-4/h8-9H,5-7H2,1-4H3. The van der Waals surface area contributed by atoms with Gasteiger partial charge in [-0.15, -0.1) is 11.3 Å². The molecule has 0 aliphatic heterocycles. The topological polar surface area (TPSA) is 70.3 Å². The Hall–Kier alpha value is -1.73. The largest absolute Gasteiger partial charge is 0.383 e. The number of nitrogens with zero attached hydrogens (tertiary/aromatic N) is 2. The summed E-state index contributed by atoms with van der Waals surface area (Å²) in [4.78, 5) is 37.5. The van der Waals surface area contributed by atoms with E-state index in [0.717, 1.165) is 6.29 Å². The normalized spacial score (nSPS) is 11.5. The van der Waals surface area contributed by atoms with Gasteiger partial charge in [-0.05, 0) is 18.4 Å². The van der Waals surface area contributed by atoms with Crippen molar-refractivity contribution in [3.8, 4) is 0 Å². The van der Waals surface area contributed by atoms with Gasteiger partial charge < -0.3 is 4.74 Å². The summed E-state index contributed by atoms with van der Waals surface area (Å²) >= 11 is 1.18. The monoisotopic (exact) mass is 324 g/mol. The summed E-state index contributed by atoms with van der Waals surface area (Å²) in [5, 5.41) is 0.462. The molecule has 0 saturated heterocycles. The molecule has 6 nitrogen and oxygen atoms in total. The molecule has 2 aromatic rings. The fraction of sp³-hybridized carbons (Fsp3) is 0.533. The van der Waals surface area contributed by atoms with Gasteiger partial charge in [-0.25, -0.2) is 4.79 Å². The van der Waals surface area contributed by atoms with E-state index in [2.05, 4.69) is 0 Å². The van der Waals surface area contributed by atoms with Crippen LogP contribution in [0.4, 0.5) is 0 Å². The van der Waals surface area contributed by atoms with E-state index >= 15 is 0 Å². The van der Waals surface area contributed by atoms with E-state index in [4.69, 9.17) is 4.74 Å². The first-order valence-electron chi connectivity index (χ1n) is 7.13. The molecule has 22 heavy (non-hydrogen) atoms. The number of rotatable bonds is 6. The van der Waals surface area contributed by atoms with E-state index in [1.54, 1.807) is 14.0 Å². The molecule has 0 aliphatic rings. The molecular formula is C15H20N2O4S. The van der Waals surface area contributed by atoms with E-state index < -0.39 is 0 Å². The Kier molecular flexibility index (Phi) is 4.97. The second kappa shape index (κ2) is 6.58. The van der Waals surface area contributed by atoms with Crippen LogP contribution in [-0.2, 0) is 17.8 Å². The molecule has 7 heteroatoms. The molecule has 0 bridgehead atoms. The first-order valence-corrected chi connectivity index (χ1v) is 7.94. The van der Waals surface area contributed by atoms with Crippen molar-refractivity contribution in [3.63, 3.8) is 0 Å². The van der Waals surface area contributed by atoms with Crippen LogP contribution in [0, 0.1) is 12.8 Å². The van der Waals surface area contributed by atoms with Crippen molar-refractivity contribution in [1.29, 1.82) is 0 Å².